The maximum absolute atomic E-state index is 12.1. The molecule has 0 spiro atoms. The molecule has 1 aliphatic rings. The Balaban J connectivity index is 2.09. The van der Waals surface area contributed by atoms with Crippen LogP contribution in [0.15, 0.2) is 12.3 Å². The minimum atomic E-state index is -0.134. The average Bonchev–Trinajstić information content (AvgIpc) is 2.33. The van der Waals surface area contributed by atoms with Crippen molar-refractivity contribution in [3.8, 4) is 0 Å². The normalized spacial score (nSPS) is 18.4. The molecular formula is C13H16Cl2N2O. The third-order valence-corrected chi connectivity index (χ3v) is 4.12. The minimum absolute atomic E-state index is 0.110. The van der Waals surface area contributed by atoms with Gasteiger partial charge in [0.15, 0.2) is 0 Å². The van der Waals surface area contributed by atoms with E-state index in [1.165, 1.54) is 12.6 Å². The Kier molecular flexibility index (Phi) is 4.13. The molecule has 0 aromatic carbocycles. The molecule has 98 valence electrons. The lowest BCUT2D eigenvalue weighted by molar-refractivity contribution is 0.0882. The van der Waals surface area contributed by atoms with Gasteiger partial charge in [-0.2, -0.15) is 0 Å². The first kappa shape index (κ1) is 13.6. The zero-order valence-electron chi connectivity index (χ0n) is 10.3. The molecule has 0 atom stereocenters. The summed E-state index contributed by atoms with van der Waals surface area (Å²) in [6.45, 7) is 2.09. The van der Waals surface area contributed by atoms with Crippen molar-refractivity contribution in [3.05, 3.63) is 28.0 Å². The quantitative estimate of drug-likeness (QED) is 0.840. The number of amides is 1. The predicted octanol–water partition coefficient (Wildman–Crippen LogP) is 3.84. The van der Waals surface area contributed by atoms with Crippen molar-refractivity contribution in [1.29, 1.82) is 0 Å². The van der Waals surface area contributed by atoms with Gasteiger partial charge in [0, 0.05) is 11.7 Å². The summed E-state index contributed by atoms with van der Waals surface area (Å²) in [5.74, 6) is -0.134. The van der Waals surface area contributed by atoms with E-state index in [1.54, 1.807) is 6.07 Å². The lowest BCUT2D eigenvalue weighted by atomic mass is 9.83. The van der Waals surface area contributed by atoms with E-state index >= 15 is 0 Å². The molecule has 1 amide bonds. The van der Waals surface area contributed by atoms with Gasteiger partial charge in [-0.25, -0.2) is 4.98 Å². The Labute approximate surface area is 117 Å². The van der Waals surface area contributed by atoms with Gasteiger partial charge in [-0.1, -0.05) is 42.5 Å². The summed E-state index contributed by atoms with van der Waals surface area (Å²) in [7, 11) is 0. The van der Waals surface area contributed by atoms with Crippen molar-refractivity contribution in [2.45, 2.75) is 44.6 Å². The van der Waals surface area contributed by atoms with Crippen LogP contribution in [0.3, 0.4) is 0 Å². The first-order valence-electron chi connectivity index (χ1n) is 6.14. The van der Waals surface area contributed by atoms with Crippen molar-refractivity contribution < 1.29 is 4.79 Å². The molecule has 1 heterocycles. The number of carbonyl (C=O) groups excluding carboxylic acids is 1. The SMILES string of the molecule is CC1(NC(=O)c2cnc(Cl)c(Cl)c2)CCCCC1. The van der Waals surface area contributed by atoms with Crippen LogP contribution in [-0.2, 0) is 0 Å². The molecule has 1 N–H and O–H groups in total. The number of rotatable bonds is 2. The van der Waals surface area contributed by atoms with E-state index in [0.717, 1.165) is 25.7 Å². The first-order valence-corrected chi connectivity index (χ1v) is 6.89. The number of halogens is 2. The minimum Gasteiger partial charge on any atom is -0.347 e. The Hall–Kier alpha value is -0.800. The summed E-state index contributed by atoms with van der Waals surface area (Å²) in [5.41, 5.74) is 0.345. The fraction of sp³-hybridized carbons (Fsp3) is 0.538. The third kappa shape index (κ3) is 3.15. The van der Waals surface area contributed by atoms with Gasteiger partial charge in [-0.15, -0.1) is 0 Å². The largest absolute Gasteiger partial charge is 0.347 e. The van der Waals surface area contributed by atoms with E-state index in [9.17, 15) is 4.79 Å². The Bertz CT molecular complexity index is 456. The maximum atomic E-state index is 12.1. The molecule has 2 rings (SSSR count). The number of nitrogens with one attached hydrogen (secondary N) is 1. The Morgan fingerprint density at radius 2 is 2.00 bits per heavy atom. The van der Waals surface area contributed by atoms with Crippen molar-refractivity contribution in [1.82, 2.24) is 10.3 Å². The Morgan fingerprint density at radius 3 is 2.61 bits per heavy atom. The van der Waals surface area contributed by atoms with Crippen molar-refractivity contribution >= 4 is 29.1 Å². The molecule has 1 saturated carbocycles. The second-order valence-corrected chi connectivity index (χ2v) is 5.84. The molecule has 0 unspecified atom stereocenters. The molecular weight excluding hydrogens is 271 g/mol. The van der Waals surface area contributed by atoms with Gasteiger partial charge < -0.3 is 5.32 Å². The van der Waals surface area contributed by atoms with Crippen LogP contribution in [0, 0.1) is 0 Å². The fourth-order valence-electron chi connectivity index (χ4n) is 2.35. The number of pyridine rings is 1. The van der Waals surface area contributed by atoms with Gasteiger partial charge in [0.2, 0.25) is 0 Å². The molecule has 1 aliphatic carbocycles. The highest BCUT2D eigenvalue weighted by Gasteiger charge is 2.28. The van der Waals surface area contributed by atoms with E-state index in [-0.39, 0.29) is 16.6 Å². The lowest BCUT2D eigenvalue weighted by Gasteiger charge is -2.34. The van der Waals surface area contributed by atoms with Gasteiger partial charge in [-0.3, -0.25) is 4.79 Å². The van der Waals surface area contributed by atoms with Gasteiger partial charge in [0.05, 0.1) is 10.6 Å². The van der Waals surface area contributed by atoms with E-state index < -0.39 is 0 Å². The standard InChI is InChI=1S/C13H16Cl2N2O/c1-13(5-3-2-4-6-13)17-12(18)9-7-10(14)11(15)16-8-9/h7-8H,2-6H2,1H3,(H,17,18). The number of hydrogen-bond donors (Lipinski definition) is 1. The molecule has 3 nitrogen and oxygen atoms in total. The second-order valence-electron chi connectivity index (χ2n) is 5.07. The van der Waals surface area contributed by atoms with E-state index in [2.05, 4.69) is 17.2 Å². The van der Waals surface area contributed by atoms with Crippen LogP contribution >= 0.6 is 23.2 Å². The fourth-order valence-corrected chi connectivity index (χ4v) is 2.62. The summed E-state index contributed by atoms with van der Waals surface area (Å²) < 4.78 is 0. The van der Waals surface area contributed by atoms with Crippen LogP contribution in [-0.4, -0.2) is 16.4 Å². The number of nitrogens with zero attached hydrogens (tertiary/aromatic N) is 1. The van der Waals surface area contributed by atoms with Gasteiger partial charge in [0.1, 0.15) is 5.15 Å². The van der Waals surface area contributed by atoms with Crippen LogP contribution in [0.4, 0.5) is 0 Å². The second kappa shape index (κ2) is 5.45. The molecule has 0 bridgehead atoms. The molecule has 0 saturated heterocycles. The summed E-state index contributed by atoms with van der Waals surface area (Å²) in [6, 6.07) is 1.55. The number of hydrogen-bond acceptors (Lipinski definition) is 2. The van der Waals surface area contributed by atoms with Crippen LogP contribution in [0.25, 0.3) is 0 Å². The number of aromatic nitrogens is 1. The average molecular weight is 287 g/mol. The van der Waals surface area contributed by atoms with Gasteiger partial charge in [0.25, 0.3) is 5.91 Å². The van der Waals surface area contributed by atoms with Crippen molar-refractivity contribution in [3.63, 3.8) is 0 Å². The van der Waals surface area contributed by atoms with Crippen molar-refractivity contribution in [2.75, 3.05) is 0 Å². The topological polar surface area (TPSA) is 42.0 Å². The van der Waals surface area contributed by atoms with Crippen LogP contribution in [0.5, 0.6) is 0 Å². The monoisotopic (exact) mass is 286 g/mol. The molecule has 0 radical (unpaired) electrons. The lowest BCUT2D eigenvalue weighted by Crippen LogP contribution is -2.47. The highest BCUT2D eigenvalue weighted by Crippen LogP contribution is 2.28. The van der Waals surface area contributed by atoms with Crippen LogP contribution < -0.4 is 5.32 Å². The molecule has 0 aliphatic heterocycles. The van der Waals surface area contributed by atoms with E-state index in [0.29, 0.717) is 10.6 Å². The molecule has 5 heteroatoms. The first-order chi connectivity index (χ1) is 8.50. The smallest absolute Gasteiger partial charge is 0.253 e. The summed E-state index contributed by atoms with van der Waals surface area (Å²) in [4.78, 5) is 16.0. The van der Waals surface area contributed by atoms with Crippen molar-refractivity contribution in [2.24, 2.45) is 0 Å². The van der Waals surface area contributed by atoms with E-state index in [4.69, 9.17) is 23.2 Å². The van der Waals surface area contributed by atoms with E-state index in [1.807, 2.05) is 0 Å². The Morgan fingerprint density at radius 1 is 1.33 bits per heavy atom. The zero-order valence-corrected chi connectivity index (χ0v) is 11.8. The molecule has 1 aromatic rings. The predicted molar refractivity (Wildman–Crippen MR) is 73.2 cm³/mol. The molecule has 18 heavy (non-hydrogen) atoms. The highest BCUT2D eigenvalue weighted by molar-refractivity contribution is 6.41. The van der Waals surface area contributed by atoms with Crippen LogP contribution in [0.1, 0.15) is 49.4 Å². The highest BCUT2D eigenvalue weighted by atomic mass is 35.5. The van der Waals surface area contributed by atoms with Gasteiger partial charge in [-0.05, 0) is 25.8 Å². The summed E-state index contributed by atoms with van der Waals surface area (Å²) in [5, 5.41) is 3.60. The molecule has 1 fully saturated rings. The third-order valence-electron chi connectivity index (χ3n) is 3.43. The maximum Gasteiger partial charge on any atom is 0.253 e. The summed E-state index contributed by atoms with van der Waals surface area (Å²) >= 11 is 11.6. The van der Waals surface area contributed by atoms with Crippen LogP contribution in [0.2, 0.25) is 10.2 Å². The molecule has 1 aromatic heterocycles. The number of carbonyl (C=O) groups is 1. The summed E-state index contributed by atoms with van der Waals surface area (Å²) in [6.07, 6.45) is 7.07. The zero-order chi connectivity index (χ0) is 13.2. The van der Waals surface area contributed by atoms with Gasteiger partial charge >= 0.3 is 0 Å².